The second-order valence-corrected chi connectivity index (χ2v) is 7.54. The highest BCUT2D eigenvalue weighted by Gasteiger charge is 2.78. The van der Waals surface area contributed by atoms with E-state index in [1.54, 1.807) is 0 Å². The molecule has 2 bridgehead atoms. The molecular formula is C9H6Cl6O2. The van der Waals surface area contributed by atoms with Crippen LogP contribution in [0.1, 0.15) is 12.8 Å². The molecule has 2 nitrogen and oxygen atoms in total. The summed E-state index contributed by atoms with van der Waals surface area (Å²) in [6.45, 7) is 0. The Morgan fingerprint density at radius 3 is 2.12 bits per heavy atom. The second kappa shape index (κ2) is 3.97. The number of aliphatic carboxylic acids is 1. The van der Waals surface area contributed by atoms with Gasteiger partial charge in [-0.2, -0.15) is 0 Å². The van der Waals surface area contributed by atoms with Crippen molar-refractivity contribution in [2.24, 2.45) is 5.92 Å². The van der Waals surface area contributed by atoms with Crippen molar-refractivity contribution in [3.05, 3.63) is 10.1 Å². The zero-order chi connectivity index (χ0) is 13.2. The number of hydrogen-bond acceptors (Lipinski definition) is 1. The molecule has 0 heterocycles. The molecule has 0 aliphatic heterocycles. The van der Waals surface area contributed by atoms with Gasteiger partial charge in [-0.1, -0.05) is 46.4 Å². The van der Waals surface area contributed by atoms with Crippen molar-refractivity contribution in [1.29, 1.82) is 0 Å². The van der Waals surface area contributed by atoms with E-state index in [0.29, 0.717) is 0 Å². The Morgan fingerprint density at radius 1 is 1.24 bits per heavy atom. The molecule has 0 aromatic carbocycles. The lowest BCUT2D eigenvalue weighted by Gasteiger charge is -2.33. The number of allylic oxidation sites excluding steroid dienone is 2. The topological polar surface area (TPSA) is 37.3 Å². The molecule has 2 rings (SSSR count). The fourth-order valence-corrected chi connectivity index (χ4v) is 5.30. The average Bonchev–Trinajstić information content (AvgIpc) is 2.40. The van der Waals surface area contributed by atoms with Gasteiger partial charge in [0, 0.05) is 0 Å². The van der Waals surface area contributed by atoms with Crippen LogP contribution in [0.4, 0.5) is 0 Å². The van der Waals surface area contributed by atoms with Crippen molar-refractivity contribution in [3.8, 4) is 0 Å². The molecule has 3 unspecified atom stereocenters. The Hall–Kier alpha value is 0.950. The first kappa shape index (κ1) is 14.4. The molecule has 1 N–H and O–H groups in total. The minimum Gasteiger partial charge on any atom is -0.481 e. The van der Waals surface area contributed by atoms with Crippen LogP contribution in [0.2, 0.25) is 0 Å². The van der Waals surface area contributed by atoms with Gasteiger partial charge >= 0.3 is 5.97 Å². The van der Waals surface area contributed by atoms with Gasteiger partial charge in [-0.15, -0.1) is 23.2 Å². The van der Waals surface area contributed by atoms with E-state index >= 15 is 0 Å². The number of halogens is 6. The number of fused-ring (bicyclic) bond motifs is 2. The smallest absolute Gasteiger partial charge is 0.303 e. The van der Waals surface area contributed by atoms with Gasteiger partial charge in [0.2, 0.25) is 0 Å². The molecule has 0 spiro atoms. The lowest BCUT2D eigenvalue weighted by molar-refractivity contribution is -0.138. The number of rotatable bonds is 2. The normalized spacial score (nSPS) is 43.3. The molecule has 0 aromatic heterocycles. The van der Waals surface area contributed by atoms with E-state index in [-0.39, 0.29) is 22.9 Å². The molecule has 1 fully saturated rings. The van der Waals surface area contributed by atoms with Crippen molar-refractivity contribution in [1.82, 2.24) is 0 Å². The molecule has 0 aromatic rings. The van der Waals surface area contributed by atoms with E-state index in [9.17, 15) is 4.79 Å². The third-order valence-corrected chi connectivity index (χ3v) is 7.65. The van der Waals surface area contributed by atoms with Crippen LogP contribution in [0.5, 0.6) is 0 Å². The first-order valence-electron chi connectivity index (χ1n) is 4.62. The summed E-state index contributed by atoms with van der Waals surface area (Å²) in [7, 11) is 0. The summed E-state index contributed by atoms with van der Waals surface area (Å²) in [6, 6.07) is 0. The molecule has 8 heteroatoms. The lowest BCUT2D eigenvalue weighted by atomic mass is 9.89. The van der Waals surface area contributed by atoms with E-state index in [1.165, 1.54) is 0 Å². The highest BCUT2D eigenvalue weighted by molar-refractivity contribution is 6.65. The van der Waals surface area contributed by atoms with Gasteiger partial charge in [0.05, 0.1) is 16.5 Å². The monoisotopic (exact) mass is 356 g/mol. The van der Waals surface area contributed by atoms with Gasteiger partial charge in [0.15, 0.2) is 4.33 Å². The third-order valence-electron chi connectivity index (χ3n) is 3.33. The number of carboxylic acids is 1. The minimum atomic E-state index is -1.63. The molecule has 96 valence electrons. The first-order valence-corrected chi connectivity index (χ1v) is 6.89. The van der Waals surface area contributed by atoms with E-state index in [4.69, 9.17) is 74.7 Å². The van der Waals surface area contributed by atoms with Crippen LogP contribution >= 0.6 is 69.6 Å². The Balaban J connectivity index is 2.54. The van der Waals surface area contributed by atoms with Crippen LogP contribution in [0, 0.1) is 5.92 Å². The van der Waals surface area contributed by atoms with E-state index < -0.39 is 26.0 Å². The summed E-state index contributed by atoms with van der Waals surface area (Å²) in [6.07, 6.45) is -0.0496. The van der Waals surface area contributed by atoms with Crippen molar-refractivity contribution >= 4 is 75.6 Å². The van der Waals surface area contributed by atoms with Crippen LogP contribution in [0.25, 0.3) is 0 Å². The highest BCUT2D eigenvalue weighted by atomic mass is 35.5. The van der Waals surface area contributed by atoms with Crippen molar-refractivity contribution in [2.75, 3.05) is 0 Å². The van der Waals surface area contributed by atoms with Crippen molar-refractivity contribution in [2.45, 2.75) is 26.9 Å². The number of carbonyl (C=O) groups is 1. The van der Waals surface area contributed by atoms with Gasteiger partial charge in [-0.05, 0) is 12.3 Å². The quantitative estimate of drug-likeness (QED) is 0.747. The Labute approximate surface area is 128 Å². The van der Waals surface area contributed by atoms with Gasteiger partial charge in [-0.25, -0.2) is 0 Å². The fraction of sp³-hybridized carbons (Fsp3) is 0.667. The van der Waals surface area contributed by atoms with Crippen molar-refractivity contribution < 1.29 is 9.90 Å². The van der Waals surface area contributed by atoms with Crippen LogP contribution in [-0.2, 0) is 4.79 Å². The number of hydrogen-bond donors (Lipinski definition) is 1. The first-order chi connectivity index (χ1) is 7.59. The van der Waals surface area contributed by atoms with Crippen LogP contribution in [0.3, 0.4) is 0 Å². The van der Waals surface area contributed by atoms with E-state index in [1.807, 2.05) is 0 Å². The Morgan fingerprint density at radius 2 is 1.76 bits per heavy atom. The second-order valence-electron chi connectivity index (χ2n) is 4.21. The Bertz CT molecular complexity index is 433. The van der Waals surface area contributed by atoms with Crippen LogP contribution < -0.4 is 0 Å². The van der Waals surface area contributed by atoms with Crippen molar-refractivity contribution in [3.63, 3.8) is 0 Å². The summed E-state index contributed by atoms with van der Waals surface area (Å²) in [5.41, 5.74) is 0. The molecule has 0 saturated heterocycles. The predicted molar refractivity (Wildman–Crippen MR) is 70.7 cm³/mol. The molecule has 1 saturated carbocycles. The standard InChI is InChI=1S/C9H6Cl6O2/c10-5-6(11)8(13)3(1-4(16)17)2-7(5,12)9(8,14)15/h3H,1-2H2,(H,16,17). The maximum Gasteiger partial charge on any atom is 0.303 e. The van der Waals surface area contributed by atoms with Gasteiger partial charge in [0.1, 0.15) is 9.75 Å². The lowest BCUT2D eigenvalue weighted by Crippen LogP contribution is -2.44. The highest BCUT2D eigenvalue weighted by Crippen LogP contribution is 2.74. The Kier molecular flexibility index (Phi) is 3.36. The summed E-state index contributed by atoms with van der Waals surface area (Å²) < 4.78 is -1.63. The molecule has 0 radical (unpaired) electrons. The molecular weight excluding hydrogens is 353 g/mol. The van der Waals surface area contributed by atoms with E-state index in [0.717, 1.165) is 0 Å². The maximum atomic E-state index is 10.8. The molecule has 3 atom stereocenters. The largest absolute Gasteiger partial charge is 0.481 e. The summed E-state index contributed by atoms with van der Waals surface area (Å²) in [4.78, 5) is 8.03. The molecule has 0 amide bonds. The molecule has 2 aliphatic rings. The molecule has 2 aliphatic carbocycles. The minimum absolute atomic E-state index is 0.0401. The predicted octanol–water partition coefficient (Wildman–Crippen LogP) is 4.31. The van der Waals surface area contributed by atoms with Gasteiger partial charge < -0.3 is 5.11 Å². The summed E-state index contributed by atoms with van der Waals surface area (Å²) in [5.74, 6) is -1.59. The summed E-state index contributed by atoms with van der Waals surface area (Å²) >= 11 is 37.0. The van der Waals surface area contributed by atoms with Gasteiger partial charge in [-0.3, -0.25) is 4.79 Å². The zero-order valence-corrected chi connectivity index (χ0v) is 12.7. The SMILES string of the molecule is O=C(O)CC1CC2(Cl)C(Cl)=C(Cl)C1(Cl)C2(Cl)Cl. The van der Waals surface area contributed by atoms with Crippen LogP contribution in [-0.4, -0.2) is 25.2 Å². The third kappa shape index (κ3) is 1.52. The molecule has 17 heavy (non-hydrogen) atoms. The summed E-state index contributed by atoms with van der Waals surface area (Å²) in [5, 5.41) is 8.98. The fourth-order valence-electron chi connectivity index (χ4n) is 2.45. The average molecular weight is 359 g/mol. The number of alkyl halides is 4. The van der Waals surface area contributed by atoms with E-state index in [2.05, 4.69) is 0 Å². The van der Waals surface area contributed by atoms with Gasteiger partial charge in [0.25, 0.3) is 0 Å². The van der Waals surface area contributed by atoms with Crippen LogP contribution in [0.15, 0.2) is 10.1 Å². The maximum absolute atomic E-state index is 10.8. The zero-order valence-electron chi connectivity index (χ0n) is 8.11. The number of carboxylic acid groups (broad SMARTS) is 1.